The van der Waals surface area contributed by atoms with Crippen molar-refractivity contribution in [3.05, 3.63) is 71.9 Å². The highest BCUT2D eigenvalue weighted by molar-refractivity contribution is 6.12. The molecular weight excluding hydrogens is 378 g/mol. The molecule has 0 saturated carbocycles. The van der Waals surface area contributed by atoms with E-state index >= 15 is 0 Å². The second-order valence-electron chi connectivity index (χ2n) is 6.94. The molecule has 0 spiro atoms. The van der Waals surface area contributed by atoms with E-state index in [-0.39, 0.29) is 18.0 Å². The second kappa shape index (κ2) is 9.57. The quantitative estimate of drug-likeness (QED) is 0.446. The van der Waals surface area contributed by atoms with Crippen LogP contribution >= 0.6 is 0 Å². The van der Waals surface area contributed by atoms with E-state index in [1.165, 1.54) is 0 Å². The molecule has 0 unspecified atom stereocenters. The number of nitriles is 1. The van der Waals surface area contributed by atoms with Gasteiger partial charge in [0.25, 0.3) is 5.91 Å². The average molecular weight is 401 g/mol. The van der Waals surface area contributed by atoms with Gasteiger partial charge in [0.2, 0.25) is 0 Å². The van der Waals surface area contributed by atoms with Crippen LogP contribution in [0.5, 0.6) is 0 Å². The van der Waals surface area contributed by atoms with E-state index in [1.54, 1.807) is 21.7 Å². The number of carboxylic acid groups (broad SMARTS) is 1. The van der Waals surface area contributed by atoms with Crippen LogP contribution in [0.15, 0.2) is 66.4 Å². The zero-order valence-electron chi connectivity index (χ0n) is 16.8. The summed E-state index contributed by atoms with van der Waals surface area (Å²) in [4.78, 5) is 26.1. The monoisotopic (exact) mass is 401 g/mol. The smallest absolute Gasteiger partial charge is 0.323 e. The third kappa shape index (κ3) is 4.58. The molecule has 0 radical (unpaired) electrons. The summed E-state index contributed by atoms with van der Waals surface area (Å²) in [5.41, 5.74) is 2.13. The fourth-order valence-electron chi connectivity index (χ4n) is 3.38. The van der Waals surface area contributed by atoms with Gasteiger partial charge >= 0.3 is 5.97 Å². The molecule has 6 nitrogen and oxygen atoms in total. The Morgan fingerprint density at radius 2 is 1.83 bits per heavy atom. The molecule has 0 fully saturated rings. The van der Waals surface area contributed by atoms with Crippen molar-refractivity contribution in [2.75, 3.05) is 11.4 Å². The molecule has 1 amide bonds. The molecule has 0 atom stereocenters. The van der Waals surface area contributed by atoms with E-state index in [1.807, 2.05) is 67.6 Å². The van der Waals surface area contributed by atoms with Gasteiger partial charge < -0.3 is 14.6 Å². The minimum absolute atomic E-state index is 0.00758. The number of carbonyl (C=O) groups is 2. The Morgan fingerprint density at radius 3 is 2.50 bits per heavy atom. The number of benzene rings is 2. The number of hydrogen-bond acceptors (Lipinski definition) is 3. The summed E-state index contributed by atoms with van der Waals surface area (Å²) in [6, 6.07) is 18.7. The van der Waals surface area contributed by atoms with Gasteiger partial charge in [0.15, 0.2) is 0 Å². The largest absolute Gasteiger partial charge is 0.480 e. The van der Waals surface area contributed by atoms with Crippen LogP contribution in [-0.2, 0) is 16.1 Å². The number of aromatic nitrogens is 1. The van der Waals surface area contributed by atoms with Crippen molar-refractivity contribution < 1.29 is 14.7 Å². The number of rotatable bonds is 8. The van der Waals surface area contributed by atoms with E-state index < -0.39 is 5.97 Å². The first-order chi connectivity index (χ1) is 14.5. The summed E-state index contributed by atoms with van der Waals surface area (Å²) < 4.78 is 1.61. The minimum Gasteiger partial charge on any atom is -0.480 e. The summed E-state index contributed by atoms with van der Waals surface area (Å²) in [6.45, 7) is 2.36. The number of nitrogens with zero attached hydrogens (tertiary/aromatic N) is 3. The number of hydrogen-bond donors (Lipinski definition) is 1. The van der Waals surface area contributed by atoms with Crippen molar-refractivity contribution in [1.82, 2.24) is 4.57 Å². The Balaban J connectivity index is 2.03. The molecular formula is C24H23N3O3. The van der Waals surface area contributed by atoms with Crippen molar-refractivity contribution >= 4 is 34.5 Å². The van der Waals surface area contributed by atoms with Gasteiger partial charge in [-0.3, -0.25) is 9.59 Å². The Hall–Kier alpha value is -3.85. The van der Waals surface area contributed by atoms with Crippen LogP contribution in [0.1, 0.15) is 25.3 Å². The molecule has 152 valence electrons. The van der Waals surface area contributed by atoms with Crippen molar-refractivity contribution in [2.24, 2.45) is 0 Å². The zero-order valence-corrected chi connectivity index (χ0v) is 16.8. The molecule has 30 heavy (non-hydrogen) atoms. The minimum atomic E-state index is -0.960. The normalized spacial score (nSPS) is 11.3. The van der Waals surface area contributed by atoms with Crippen molar-refractivity contribution in [1.29, 1.82) is 5.26 Å². The van der Waals surface area contributed by atoms with E-state index in [4.69, 9.17) is 0 Å². The zero-order chi connectivity index (χ0) is 21.5. The number of fused-ring (bicyclic) bond motifs is 1. The second-order valence-corrected chi connectivity index (χ2v) is 6.94. The Kier molecular flexibility index (Phi) is 6.66. The standard InChI is InChI=1S/C24H23N3O3/c1-2-3-13-27(20-9-5-4-6-10-20)24(30)18(15-25)14-19-16-26(17-23(28)29)22-12-8-7-11-21(19)22/h4-12,14,16H,2-3,13,17H2,1H3,(H,28,29)/b18-14+. The summed E-state index contributed by atoms with van der Waals surface area (Å²) >= 11 is 0. The highest BCUT2D eigenvalue weighted by Gasteiger charge is 2.20. The van der Waals surface area contributed by atoms with E-state index in [9.17, 15) is 20.0 Å². The number of para-hydroxylation sites is 2. The lowest BCUT2D eigenvalue weighted by molar-refractivity contribution is -0.137. The van der Waals surface area contributed by atoms with Crippen LogP contribution in [0, 0.1) is 11.3 Å². The topological polar surface area (TPSA) is 86.3 Å². The third-order valence-electron chi connectivity index (χ3n) is 4.82. The fraction of sp³-hybridized carbons (Fsp3) is 0.208. The molecule has 1 N–H and O–H groups in total. The van der Waals surface area contributed by atoms with Crippen LogP contribution in [0.2, 0.25) is 0 Å². The number of anilines is 1. The van der Waals surface area contributed by atoms with Gasteiger partial charge in [-0.2, -0.15) is 5.26 Å². The van der Waals surface area contributed by atoms with Crippen LogP contribution in [-0.4, -0.2) is 28.1 Å². The molecule has 3 aromatic rings. The molecule has 0 aliphatic carbocycles. The molecule has 0 bridgehead atoms. The highest BCUT2D eigenvalue weighted by atomic mass is 16.4. The summed E-state index contributed by atoms with van der Waals surface area (Å²) in [7, 11) is 0. The maximum absolute atomic E-state index is 13.2. The van der Waals surface area contributed by atoms with Gasteiger partial charge in [-0.25, -0.2) is 0 Å². The Bertz CT molecular complexity index is 1120. The van der Waals surface area contributed by atoms with Crippen LogP contribution in [0.4, 0.5) is 5.69 Å². The first-order valence-corrected chi connectivity index (χ1v) is 9.83. The fourth-order valence-corrected chi connectivity index (χ4v) is 3.38. The Labute approximate surface area is 175 Å². The first-order valence-electron chi connectivity index (χ1n) is 9.83. The van der Waals surface area contributed by atoms with Gasteiger partial charge in [-0.15, -0.1) is 0 Å². The number of unbranched alkanes of at least 4 members (excludes halogenated alkanes) is 1. The van der Waals surface area contributed by atoms with Gasteiger partial charge in [0.1, 0.15) is 18.2 Å². The molecule has 2 aromatic carbocycles. The van der Waals surface area contributed by atoms with E-state index in [0.717, 1.165) is 29.4 Å². The Morgan fingerprint density at radius 1 is 1.13 bits per heavy atom. The van der Waals surface area contributed by atoms with Crippen LogP contribution < -0.4 is 4.90 Å². The maximum atomic E-state index is 13.2. The summed E-state index contributed by atoms with van der Waals surface area (Å²) in [5.74, 6) is -1.33. The number of carboxylic acids is 1. The highest BCUT2D eigenvalue weighted by Crippen LogP contribution is 2.25. The van der Waals surface area contributed by atoms with Gasteiger partial charge in [0, 0.05) is 34.9 Å². The molecule has 1 aromatic heterocycles. The maximum Gasteiger partial charge on any atom is 0.323 e. The SMILES string of the molecule is CCCCN(C(=O)/C(C#N)=C/c1cn(CC(=O)O)c2ccccc12)c1ccccc1. The van der Waals surface area contributed by atoms with Crippen LogP contribution in [0.3, 0.4) is 0 Å². The van der Waals surface area contributed by atoms with Crippen LogP contribution in [0.25, 0.3) is 17.0 Å². The molecule has 1 heterocycles. The first kappa shape index (κ1) is 20.9. The molecule has 6 heteroatoms. The number of aliphatic carboxylic acids is 1. The lowest BCUT2D eigenvalue weighted by atomic mass is 10.1. The average Bonchev–Trinajstić information content (AvgIpc) is 3.09. The molecule has 0 aliphatic heterocycles. The predicted molar refractivity (Wildman–Crippen MR) is 117 cm³/mol. The summed E-state index contributed by atoms with van der Waals surface area (Å²) in [5, 5.41) is 19.7. The van der Waals surface area contributed by atoms with Gasteiger partial charge in [-0.05, 0) is 30.7 Å². The van der Waals surface area contributed by atoms with Gasteiger partial charge in [0.05, 0.1) is 0 Å². The molecule has 0 aliphatic rings. The summed E-state index contributed by atoms with van der Waals surface area (Å²) in [6.07, 6.45) is 4.95. The van der Waals surface area contributed by atoms with Crippen molar-refractivity contribution in [3.63, 3.8) is 0 Å². The lowest BCUT2D eigenvalue weighted by Crippen LogP contribution is -2.32. The number of amides is 1. The van der Waals surface area contributed by atoms with Crippen molar-refractivity contribution in [3.8, 4) is 6.07 Å². The van der Waals surface area contributed by atoms with E-state index in [2.05, 4.69) is 0 Å². The van der Waals surface area contributed by atoms with E-state index in [0.29, 0.717) is 12.1 Å². The molecule has 3 rings (SSSR count). The predicted octanol–water partition coefficient (Wildman–Crippen LogP) is 4.47. The number of carbonyl (C=O) groups excluding carboxylic acids is 1. The van der Waals surface area contributed by atoms with Crippen molar-refractivity contribution in [2.45, 2.75) is 26.3 Å². The third-order valence-corrected chi connectivity index (χ3v) is 4.82. The molecule has 0 saturated heterocycles. The van der Waals surface area contributed by atoms with Gasteiger partial charge in [-0.1, -0.05) is 49.7 Å². The lowest BCUT2D eigenvalue weighted by Gasteiger charge is -2.22.